The SMILES string of the molecule is Nc1nnc(P(=S)(c2ccccc2)c2ccccc2)s1. The fourth-order valence-electron chi connectivity index (χ4n) is 2.00. The van der Waals surface area contributed by atoms with Crippen molar-refractivity contribution in [2.75, 3.05) is 5.73 Å². The summed E-state index contributed by atoms with van der Waals surface area (Å²) in [6.45, 7) is 0. The fourth-order valence-corrected chi connectivity index (χ4v) is 7.05. The molecule has 3 aromatic rings. The Balaban J connectivity index is 2.26. The third kappa shape index (κ3) is 2.29. The average molecular weight is 317 g/mol. The maximum atomic E-state index is 6.08. The molecular formula is C14H12N3PS2. The summed E-state index contributed by atoms with van der Waals surface area (Å²) in [5.74, 6) is 0. The number of nitrogens with two attached hydrogens (primary N) is 1. The minimum Gasteiger partial charge on any atom is -0.374 e. The van der Waals surface area contributed by atoms with Gasteiger partial charge in [-0.2, -0.15) is 0 Å². The van der Waals surface area contributed by atoms with Crippen LogP contribution < -0.4 is 21.1 Å². The van der Waals surface area contributed by atoms with Crippen LogP contribution in [-0.4, -0.2) is 10.2 Å². The maximum Gasteiger partial charge on any atom is 0.203 e. The number of hydrogen-bond donors (Lipinski definition) is 1. The smallest absolute Gasteiger partial charge is 0.203 e. The summed E-state index contributed by atoms with van der Waals surface area (Å²) in [6, 6.07) is 18.1. The molecule has 20 heavy (non-hydrogen) atoms. The third-order valence-corrected chi connectivity index (χ3v) is 9.40. The van der Waals surface area contributed by atoms with E-state index in [0.29, 0.717) is 5.13 Å². The molecule has 0 aliphatic carbocycles. The van der Waals surface area contributed by atoms with Gasteiger partial charge in [0, 0.05) is 0 Å². The van der Waals surface area contributed by atoms with Gasteiger partial charge in [-0.05, 0) is 10.6 Å². The van der Waals surface area contributed by atoms with Gasteiger partial charge in [0.1, 0.15) is 0 Å². The van der Waals surface area contributed by atoms with E-state index in [-0.39, 0.29) is 0 Å². The number of aromatic nitrogens is 2. The fraction of sp³-hybridized carbons (Fsp3) is 0. The lowest BCUT2D eigenvalue weighted by atomic mass is 10.4. The quantitative estimate of drug-likeness (QED) is 0.750. The monoisotopic (exact) mass is 317 g/mol. The first-order valence-corrected chi connectivity index (χ1v) is 9.64. The molecule has 0 atom stereocenters. The molecule has 3 rings (SSSR count). The Kier molecular flexibility index (Phi) is 3.66. The molecule has 0 amide bonds. The molecule has 100 valence electrons. The summed E-state index contributed by atoms with van der Waals surface area (Å²) < 4.78 is 0.836. The minimum absolute atomic E-state index is 0.459. The van der Waals surface area contributed by atoms with Crippen LogP contribution in [0, 0.1) is 0 Å². The molecule has 0 saturated carbocycles. The molecule has 1 aromatic heterocycles. The van der Waals surface area contributed by atoms with Crippen molar-refractivity contribution in [3.05, 3.63) is 60.7 Å². The summed E-state index contributed by atoms with van der Waals surface area (Å²) in [6.07, 6.45) is 0. The largest absolute Gasteiger partial charge is 0.374 e. The highest BCUT2D eigenvalue weighted by atomic mass is 32.4. The zero-order chi connectivity index (χ0) is 14.0. The Morgan fingerprint density at radius 1 is 0.850 bits per heavy atom. The molecule has 2 N–H and O–H groups in total. The van der Waals surface area contributed by atoms with Crippen molar-refractivity contribution in [1.82, 2.24) is 10.2 Å². The van der Waals surface area contributed by atoms with Crippen LogP contribution in [0.25, 0.3) is 0 Å². The van der Waals surface area contributed by atoms with E-state index in [1.54, 1.807) is 0 Å². The molecule has 0 spiro atoms. The van der Waals surface area contributed by atoms with Crippen LogP contribution in [-0.2, 0) is 11.8 Å². The van der Waals surface area contributed by atoms with E-state index >= 15 is 0 Å². The van der Waals surface area contributed by atoms with E-state index < -0.39 is 6.04 Å². The maximum absolute atomic E-state index is 6.08. The predicted octanol–water partition coefficient (Wildman–Crippen LogP) is 1.88. The van der Waals surface area contributed by atoms with Crippen molar-refractivity contribution in [1.29, 1.82) is 0 Å². The molecule has 1 heterocycles. The van der Waals surface area contributed by atoms with Gasteiger partial charge in [-0.25, -0.2) is 0 Å². The zero-order valence-electron chi connectivity index (χ0n) is 10.5. The van der Waals surface area contributed by atoms with Gasteiger partial charge in [0.05, 0.1) is 6.04 Å². The van der Waals surface area contributed by atoms with Crippen LogP contribution in [0.2, 0.25) is 0 Å². The molecule has 0 radical (unpaired) electrons. The van der Waals surface area contributed by atoms with Crippen molar-refractivity contribution in [3.63, 3.8) is 0 Å². The molecule has 0 bridgehead atoms. The highest BCUT2D eigenvalue weighted by Gasteiger charge is 2.28. The van der Waals surface area contributed by atoms with Crippen LogP contribution in [0.4, 0.5) is 5.13 Å². The second-order valence-corrected chi connectivity index (χ2v) is 9.83. The van der Waals surface area contributed by atoms with Crippen molar-refractivity contribution < 1.29 is 0 Å². The molecule has 0 aliphatic heterocycles. The van der Waals surface area contributed by atoms with Gasteiger partial charge in [0.15, 0.2) is 4.75 Å². The first-order valence-electron chi connectivity index (χ1n) is 6.02. The number of nitrogens with zero attached hydrogens (tertiary/aromatic N) is 2. The summed E-state index contributed by atoms with van der Waals surface area (Å²) in [7, 11) is 0. The van der Waals surface area contributed by atoms with Gasteiger partial charge >= 0.3 is 0 Å². The molecule has 2 aromatic carbocycles. The highest BCUT2D eigenvalue weighted by molar-refractivity contribution is 8.26. The van der Waals surface area contributed by atoms with E-state index in [9.17, 15) is 0 Å². The second kappa shape index (κ2) is 5.44. The zero-order valence-corrected chi connectivity index (χ0v) is 13.0. The Morgan fingerprint density at radius 3 is 1.75 bits per heavy atom. The van der Waals surface area contributed by atoms with E-state index in [4.69, 9.17) is 17.5 Å². The van der Waals surface area contributed by atoms with Gasteiger partial charge in [0.2, 0.25) is 5.13 Å². The lowest BCUT2D eigenvalue weighted by Crippen LogP contribution is -2.24. The third-order valence-electron chi connectivity index (χ3n) is 2.94. The predicted molar refractivity (Wildman–Crippen MR) is 90.4 cm³/mol. The Labute approximate surface area is 126 Å². The number of nitrogen functional groups attached to an aromatic ring is 1. The van der Waals surface area contributed by atoms with Gasteiger partial charge in [-0.15, -0.1) is 10.2 Å². The number of hydrogen-bond acceptors (Lipinski definition) is 5. The normalized spacial score (nSPS) is 11.4. The molecule has 6 heteroatoms. The van der Waals surface area contributed by atoms with Crippen molar-refractivity contribution in [3.8, 4) is 0 Å². The average Bonchev–Trinajstić information content (AvgIpc) is 2.95. The van der Waals surface area contributed by atoms with Crippen molar-refractivity contribution >= 4 is 49.7 Å². The molecule has 0 aliphatic rings. The van der Waals surface area contributed by atoms with Crippen LogP contribution in [0.3, 0.4) is 0 Å². The van der Waals surface area contributed by atoms with Crippen LogP contribution in [0.1, 0.15) is 0 Å². The van der Waals surface area contributed by atoms with Crippen LogP contribution in [0.5, 0.6) is 0 Å². The standard InChI is InChI=1S/C14H12N3PS2/c15-13-16-17-14(20-13)18(19,11-7-3-1-4-8-11)12-9-5-2-6-10-12/h1-10H,(H2,15,16). The van der Waals surface area contributed by atoms with Gasteiger partial charge < -0.3 is 5.73 Å². The summed E-state index contributed by atoms with van der Waals surface area (Å²) in [5.41, 5.74) is 5.75. The second-order valence-electron chi connectivity index (χ2n) is 4.20. The van der Waals surface area contributed by atoms with Gasteiger partial charge in [0.25, 0.3) is 0 Å². The number of rotatable bonds is 3. The molecule has 0 fully saturated rings. The highest BCUT2D eigenvalue weighted by Crippen LogP contribution is 2.43. The van der Waals surface area contributed by atoms with E-state index in [0.717, 1.165) is 15.4 Å². The lowest BCUT2D eigenvalue weighted by molar-refractivity contribution is 1.12. The molecule has 0 unspecified atom stereocenters. The number of benzene rings is 2. The molecule has 3 nitrogen and oxygen atoms in total. The summed E-state index contributed by atoms with van der Waals surface area (Å²) in [4.78, 5) is 0. The van der Waals surface area contributed by atoms with E-state index in [1.807, 2.05) is 36.4 Å². The van der Waals surface area contributed by atoms with Crippen molar-refractivity contribution in [2.24, 2.45) is 0 Å². The summed E-state index contributed by atoms with van der Waals surface area (Å²) >= 11 is 7.46. The number of anilines is 1. The Hall–Kier alpha value is -1.55. The molecule has 0 saturated heterocycles. The first-order chi connectivity index (χ1) is 9.71. The van der Waals surface area contributed by atoms with Gasteiger partial charge in [-0.3, -0.25) is 0 Å². The Bertz CT molecular complexity index is 713. The minimum atomic E-state index is -2.16. The lowest BCUT2D eigenvalue weighted by Gasteiger charge is -2.20. The summed E-state index contributed by atoms with van der Waals surface area (Å²) in [5, 5.41) is 10.8. The molecular weight excluding hydrogens is 305 g/mol. The van der Waals surface area contributed by atoms with Crippen LogP contribution in [0.15, 0.2) is 60.7 Å². The topological polar surface area (TPSA) is 51.8 Å². The first kappa shape index (κ1) is 13.4. The Morgan fingerprint density at radius 2 is 1.35 bits per heavy atom. The van der Waals surface area contributed by atoms with Crippen molar-refractivity contribution in [2.45, 2.75) is 0 Å². The van der Waals surface area contributed by atoms with Crippen LogP contribution >= 0.6 is 17.4 Å². The van der Waals surface area contributed by atoms with E-state index in [1.165, 1.54) is 11.3 Å². The van der Waals surface area contributed by atoms with Gasteiger partial charge in [-0.1, -0.05) is 83.8 Å². The van der Waals surface area contributed by atoms with E-state index in [2.05, 4.69) is 34.5 Å².